The zero-order valence-corrected chi connectivity index (χ0v) is 14.5. The molecule has 27 heavy (non-hydrogen) atoms. The zero-order valence-electron chi connectivity index (χ0n) is 14.5. The van der Waals surface area contributed by atoms with Gasteiger partial charge in [0.15, 0.2) is 5.78 Å². The summed E-state index contributed by atoms with van der Waals surface area (Å²) in [7, 11) is 0. The second-order valence-corrected chi connectivity index (χ2v) is 6.16. The van der Waals surface area contributed by atoms with Crippen molar-refractivity contribution in [3.8, 4) is 0 Å². The molecule has 4 aromatic rings. The van der Waals surface area contributed by atoms with Gasteiger partial charge in [0.2, 0.25) is 0 Å². The average Bonchev–Trinajstić information content (AvgIpc) is 3.17. The smallest absolute Gasteiger partial charge is 0.418 e. The first-order valence-electron chi connectivity index (χ1n) is 8.65. The fourth-order valence-corrected chi connectivity index (χ4v) is 3.06. The van der Waals surface area contributed by atoms with Gasteiger partial charge in [-0.15, -0.1) is 0 Å². The highest BCUT2D eigenvalue weighted by Gasteiger charge is 2.18. The molecule has 0 amide bonds. The molecule has 0 N–H and O–H groups in total. The zero-order chi connectivity index (χ0) is 18.6. The number of fused-ring (bicyclic) bond motifs is 1. The summed E-state index contributed by atoms with van der Waals surface area (Å²) in [5.41, 5.74) is 2.52. The second-order valence-electron chi connectivity index (χ2n) is 6.16. The standard InChI is InChI=1S/C23H17NO3/c25-22(19-10-5-2-6-11-19)20-13-7-12-18-14-15-24(21(18)20)23(26)27-16-17-8-3-1-4-9-17/h1-15H,16H2. The van der Waals surface area contributed by atoms with Crippen molar-refractivity contribution < 1.29 is 14.3 Å². The number of para-hydroxylation sites is 1. The Morgan fingerprint density at radius 1 is 0.778 bits per heavy atom. The molecule has 0 aliphatic rings. The topological polar surface area (TPSA) is 48.3 Å². The number of hydrogen-bond donors (Lipinski definition) is 0. The first kappa shape index (κ1) is 16.8. The highest BCUT2D eigenvalue weighted by molar-refractivity contribution is 6.16. The van der Waals surface area contributed by atoms with Crippen LogP contribution in [0.4, 0.5) is 4.79 Å². The maximum Gasteiger partial charge on any atom is 0.418 e. The quantitative estimate of drug-likeness (QED) is 0.481. The van der Waals surface area contributed by atoms with Crippen LogP contribution in [0, 0.1) is 0 Å². The Bertz CT molecular complexity index is 1100. The minimum Gasteiger partial charge on any atom is -0.444 e. The fraction of sp³-hybridized carbons (Fsp3) is 0.0435. The Morgan fingerprint density at radius 2 is 1.48 bits per heavy atom. The summed E-state index contributed by atoms with van der Waals surface area (Å²) in [5.74, 6) is -0.128. The highest BCUT2D eigenvalue weighted by Crippen LogP contribution is 2.23. The lowest BCUT2D eigenvalue weighted by molar-refractivity contribution is 0.104. The SMILES string of the molecule is O=C(c1ccccc1)c1cccc2ccn(C(=O)OCc3ccccc3)c12. The number of benzene rings is 3. The van der Waals surface area contributed by atoms with Gasteiger partial charge in [-0.2, -0.15) is 0 Å². The van der Waals surface area contributed by atoms with Crippen molar-refractivity contribution >= 4 is 22.8 Å². The molecule has 0 bridgehead atoms. The van der Waals surface area contributed by atoms with Crippen molar-refractivity contribution in [1.82, 2.24) is 4.57 Å². The molecule has 132 valence electrons. The third kappa shape index (κ3) is 3.37. The molecule has 1 aromatic heterocycles. The minimum absolute atomic E-state index is 0.128. The van der Waals surface area contributed by atoms with Crippen LogP contribution < -0.4 is 0 Å². The molecule has 0 saturated carbocycles. The van der Waals surface area contributed by atoms with Crippen molar-refractivity contribution in [2.75, 3.05) is 0 Å². The van der Waals surface area contributed by atoms with E-state index in [1.807, 2.05) is 60.7 Å². The summed E-state index contributed by atoms with van der Waals surface area (Å²) in [6.07, 6.45) is 1.13. The van der Waals surface area contributed by atoms with E-state index in [9.17, 15) is 9.59 Å². The maximum absolute atomic E-state index is 12.9. The number of carbonyl (C=O) groups is 2. The molecule has 0 saturated heterocycles. The van der Waals surface area contributed by atoms with Crippen LogP contribution in [0.5, 0.6) is 0 Å². The lowest BCUT2D eigenvalue weighted by Crippen LogP contribution is -2.14. The van der Waals surface area contributed by atoms with E-state index in [4.69, 9.17) is 4.74 Å². The molecule has 4 nitrogen and oxygen atoms in total. The number of rotatable bonds is 4. The van der Waals surface area contributed by atoms with Crippen molar-refractivity contribution in [2.45, 2.75) is 6.61 Å². The first-order valence-corrected chi connectivity index (χ1v) is 8.65. The van der Waals surface area contributed by atoms with Crippen molar-refractivity contribution in [3.63, 3.8) is 0 Å². The minimum atomic E-state index is -0.512. The monoisotopic (exact) mass is 355 g/mol. The Kier molecular flexibility index (Phi) is 4.54. The van der Waals surface area contributed by atoms with Crippen LogP contribution in [0.2, 0.25) is 0 Å². The largest absolute Gasteiger partial charge is 0.444 e. The Morgan fingerprint density at radius 3 is 2.22 bits per heavy atom. The van der Waals surface area contributed by atoms with Gasteiger partial charge in [0.25, 0.3) is 0 Å². The molecule has 0 radical (unpaired) electrons. The molecule has 4 heteroatoms. The maximum atomic E-state index is 12.9. The lowest BCUT2D eigenvalue weighted by Gasteiger charge is -2.09. The van der Waals surface area contributed by atoms with Gasteiger partial charge in [-0.3, -0.25) is 9.36 Å². The summed E-state index contributed by atoms with van der Waals surface area (Å²) in [4.78, 5) is 25.6. The van der Waals surface area contributed by atoms with Crippen molar-refractivity contribution in [1.29, 1.82) is 0 Å². The highest BCUT2D eigenvalue weighted by atomic mass is 16.5. The predicted octanol–water partition coefficient (Wildman–Crippen LogP) is 5.06. The van der Waals surface area contributed by atoms with Crippen molar-refractivity contribution in [2.24, 2.45) is 0 Å². The molecular formula is C23H17NO3. The summed E-state index contributed by atoms with van der Waals surface area (Å²) in [6.45, 7) is 0.175. The summed E-state index contributed by atoms with van der Waals surface area (Å²) < 4.78 is 6.83. The fourth-order valence-electron chi connectivity index (χ4n) is 3.06. The van der Waals surface area contributed by atoms with Crippen LogP contribution in [0.1, 0.15) is 21.5 Å². The number of ketones is 1. The molecule has 0 aliphatic carbocycles. The Labute approximate surface area is 156 Å². The molecule has 0 fully saturated rings. The molecule has 1 heterocycles. The number of aromatic nitrogens is 1. The molecular weight excluding hydrogens is 338 g/mol. The van der Waals surface area contributed by atoms with Gasteiger partial charge in [0, 0.05) is 22.7 Å². The van der Waals surface area contributed by atoms with E-state index in [1.54, 1.807) is 30.5 Å². The van der Waals surface area contributed by atoms with Crippen LogP contribution in [-0.4, -0.2) is 16.4 Å². The van der Waals surface area contributed by atoms with Gasteiger partial charge in [-0.05, 0) is 17.7 Å². The summed E-state index contributed by atoms with van der Waals surface area (Å²) >= 11 is 0. The number of nitrogens with zero attached hydrogens (tertiary/aromatic N) is 1. The van der Waals surface area contributed by atoms with Crippen LogP contribution in [0.3, 0.4) is 0 Å². The number of carbonyl (C=O) groups excluding carboxylic acids is 2. The first-order chi connectivity index (χ1) is 13.2. The van der Waals surface area contributed by atoms with Gasteiger partial charge in [-0.1, -0.05) is 72.8 Å². The molecule has 3 aromatic carbocycles. The van der Waals surface area contributed by atoms with Gasteiger partial charge in [0.1, 0.15) is 6.61 Å². The van der Waals surface area contributed by atoms with E-state index >= 15 is 0 Å². The third-order valence-corrected chi connectivity index (χ3v) is 4.39. The molecule has 0 atom stereocenters. The average molecular weight is 355 g/mol. The van der Waals surface area contributed by atoms with Gasteiger partial charge < -0.3 is 4.74 Å². The predicted molar refractivity (Wildman–Crippen MR) is 104 cm³/mol. The molecule has 0 unspecified atom stereocenters. The van der Waals surface area contributed by atoms with Gasteiger partial charge >= 0.3 is 6.09 Å². The second kappa shape index (κ2) is 7.30. The number of hydrogen-bond acceptors (Lipinski definition) is 3. The van der Waals surface area contributed by atoms with Gasteiger partial charge in [-0.25, -0.2) is 4.79 Å². The van der Waals surface area contributed by atoms with E-state index in [1.165, 1.54) is 4.57 Å². The van der Waals surface area contributed by atoms with Gasteiger partial charge in [0.05, 0.1) is 5.52 Å². The van der Waals surface area contributed by atoms with Crippen LogP contribution in [-0.2, 0) is 11.3 Å². The third-order valence-electron chi connectivity index (χ3n) is 4.39. The van der Waals surface area contributed by atoms with Crippen LogP contribution in [0.15, 0.2) is 91.1 Å². The normalized spacial score (nSPS) is 10.7. The van der Waals surface area contributed by atoms with E-state index in [-0.39, 0.29) is 12.4 Å². The van der Waals surface area contributed by atoms with E-state index in [2.05, 4.69) is 0 Å². The van der Waals surface area contributed by atoms with E-state index < -0.39 is 6.09 Å². The molecule has 0 spiro atoms. The van der Waals surface area contributed by atoms with Crippen LogP contribution in [0.25, 0.3) is 10.9 Å². The Balaban J connectivity index is 1.68. The summed E-state index contributed by atoms with van der Waals surface area (Å²) in [5, 5.41) is 0.813. The molecule has 4 rings (SSSR count). The van der Waals surface area contributed by atoms with Crippen LogP contribution >= 0.6 is 0 Å². The van der Waals surface area contributed by atoms with E-state index in [0.717, 1.165) is 10.9 Å². The Hall–Kier alpha value is -3.66. The number of ether oxygens (including phenoxy) is 1. The summed E-state index contributed by atoms with van der Waals surface area (Å²) in [6, 6.07) is 25.8. The lowest BCUT2D eigenvalue weighted by atomic mass is 10.0. The molecule has 0 aliphatic heterocycles. The van der Waals surface area contributed by atoms with E-state index in [0.29, 0.717) is 16.6 Å². The van der Waals surface area contributed by atoms with Crippen molar-refractivity contribution in [3.05, 3.63) is 108 Å².